The van der Waals surface area contributed by atoms with Gasteiger partial charge in [-0.05, 0) is 45.7 Å². The lowest BCUT2D eigenvalue weighted by Crippen LogP contribution is -2.01. The maximum Gasteiger partial charge on any atom is 0.164 e. The molecule has 0 radical (unpaired) electrons. The fraction of sp³-hybridized carbons (Fsp3) is 0. The molecule has 252 valence electrons. The lowest BCUT2D eigenvalue weighted by atomic mass is 9.96. The van der Waals surface area contributed by atoms with E-state index in [2.05, 4.69) is 176 Å². The van der Waals surface area contributed by atoms with Crippen molar-refractivity contribution >= 4 is 73.8 Å². The normalized spacial score (nSPS) is 11.7. The smallest absolute Gasteiger partial charge is 0.164 e. The summed E-state index contributed by atoms with van der Waals surface area (Å²) in [7, 11) is 0. The molecule has 0 aliphatic carbocycles. The zero-order chi connectivity index (χ0) is 35.6. The van der Waals surface area contributed by atoms with Crippen LogP contribution in [0.4, 0.5) is 0 Å². The van der Waals surface area contributed by atoms with E-state index in [1.54, 1.807) is 0 Å². The van der Waals surface area contributed by atoms with Gasteiger partial charge in [0, 0.05) is 62.6 Å². The molecule has 3 heterocycles. The SMILES string of the molecule is c1ccc(-c2cccc3sc4cccc(-c5nc(-c6ccccc6-c6cccc7c6sc6ccccc67)nc(-c6cccc7ccccc67)n5)c4c23)cc1. The van der Waals surface area contributed by atoms with E-state index in [9.17, 15) is 0 Å². The lowest BCUT2D eigenvalue weighted by Gasteiger charge is -2.14. The molecule has 0 spiro atoms. The molecule has 0 N–H and O–H groups in total. The second-order valence-electron chi connectivity index (χ2n) is 13.5. The van der Waals surface area contributed by atoms with Crippen LogP contribution in [0.25, 0.3) is 108 Å². The number of benzene rings is 8. The third-order valence-corrected chi connectivity index (χ3v) is 12.7. The van der Waals surface area contributed by atoms with Crippen LogP contribution in [0.2, 0.25) is 0 Å². The number of hydrogen-bond donors (Lipinski definition) is 0. The van der Waals surface area contributed by atoms with Crippen LogP contribution in [0, 0.1) is 0 Å². The number of thiophene rings is 2. The van der Waals surface area contributed by atoms with Crippen molar-refractivity contribution in [3.05, 3.63) is 176 Å². The minimum Gasteiger partial charge on any atom is -0.208 e. The van der Waals surface area contributed by atoms with E-state index in [1.807, 2.05) is 22.7 Å². The second-order valence-corrected chi connectivity index (χ2v) is 15.6. The molecule has 3 aromatic heterocycles. The molecule has 0 aliphatic heterocycles. The molecule has 0 atom stereocenters. The summed E-state index contributed by atoms with van der Waals surface area (Å²) in [5, 5.41) is 7.20. The summed E-state index contributed by atoms with van der Waals surface area (Å²) in [4.78, 5) is 16.1. The van der Waals surface area contributed by atoms with Gasteiger partial charge in [-0.2, -0.15) is 0 Å². The van der Waals surface area contributed by atoms with Crippen molar-refractivity contribution < 1.29 is 0 Å². The molecule has 0 bridgehead atoms. The van der Waals surface area contributed by atoms with Crippen molar-refractivity contribution in [2.45, 2.75) is 0 Å². The minimum atomic E-state index is 0.650. The van der Waals surface area contributed by atoms with Crippen molar-refractivity contribution in [1.29, 1.82) is 0 Å². The summed E-state index contributed by atoms with van der Waals surface area (Å²) < 4.78 is 4.99. The van der Waals surface area contributed by atoms with E-state index >= 15 is 0 Å². The lowest BCUT2D eigenvalue weighted by molar-refractivity contribution is 1.08. The number of fused-ring (bicyclic) bond motifs is 7. The van der Waals surface area contributed by atoms with Gasteiger partial charge in [0.2, 0.25) is 0 Å². The van der Waals surface area contributed by atoms with Crippen LogP contribution >= 0.6 is 22.7 Å². The first-order valence-corrected chi connectivity index (χ1v) is 19.7. The topological polar surface area (TPSA) is 38.7 Å². The molecule has 11 aromatic rings. The van der Waals surface area contributed by atoms with Crippen LogP contribution in [-0.2, 0) is 0 Å². The van der Waals surface area contributed by atoms with Gasteiger partial charge in [0.1, 0.15) is 0 Å². The van der Waals surface area contributed by atoms with E-state index in [0.29, 0.717) is 17.5 Å². The molecule has 3 nitrogen and oxygen atoms in total. The third kappa shape index (κ3) is 4.97. The van der Waals surface area contributed by atoms with Gasteiger partial charge < -0.3 is 0 Å². The summed E-state index contributed by atoms with van der Waals surface area (Å²) in [5.41, 5.74) is 7.62. The van der Waals surface area contributed by atoms with Crippen LogP contribution < -0.4 is 0 Å². The Labute approximate surface area is 319 Å². The average Bonchev–Trinajstić information content (AvgIpc) is 3.82. The molecule has 54 heavy (non-hydrogen) atoms. The Hall–Kier alpha value is -6.53. The van der Waals surface area contributed by atoms with Crippen molar-refractivity contribution in [2.24, 2.45) is 0 Å². The second kappa shape index (κ2) is 12.6. The van der Waals surface area contributed by atoms with Crippen LogP contribution in [0.15, 0.2) is 176 Å². The number of nitrogens with zero attached hydrogens (tertiary/aromatic N) is 3. The maximum atomic E-state index is 5.41. The van der Waals surface area contributed by atoms with Crippen molar-refractivity contribution in [3.63, 3.8) is 0 Å². The predicted octanol–water partition coefficient (Wildman–Crippen LogP) is 14.1. The summed E-state index contributed by atoms with van der Waals surface area (Å²) in [6.07, 6.45) is 0. The minimum absolute atomic E-state index is 0.650. The van der Waals surface area contributed by atoms with E-state index in [0.717, 1.165) is 33.0 Å². The molecule has 0 saturated heterocycles. The van der Waals surface area contributed by atoms with Crippen LogP contribution in [0.3, 0.4) is 0 Å². The quantitative estimate of drug-likeness (QED) is 0.177. The molecular formula is C49H29N3S2. The molecular weight excluding hydrogens is 695 g/mol. The van der Waals surface area contributed by atoms with Gasteiger partial charge in [0.15, 0.2) is 17.5 Å². The van der Waals surface area contributed by atoms with Gasteiger partial charge in [-0.3, -0.25) is 0 Å². The zero-order valence-corrected chi connectivity index (χ0v) is 30.5. The Morgan fingerprint density at radius 3 is 1.63 bits per heavy atom. The highest BCUT2D eigenvalue weighted by Gasteiger charge is 2.21. The standard InChI is InChI=1S/C49H29N3S2/c1-2-14-31(15-3-1)33-22-12-28-42-44(33)45-40(26-13-29-43(45)53-42)49-51-47(38-25-10-17-30-16-4-5-18-32(30)38)50-48(52-49)39-21-7-6-19-34(39)36-23-11-24-37-35-20-8-9-27-41(35)54-46(36)37/h1-29H. The summed E-state index contributed by atoms with van der Waals surface area (Å²) in [6.45, 7) is 0. The first-order valence-electron chi connectivity index (χ1n) is 18.0. The Bertz CT molecular complexity index is 3230. The fourth-order valence-corrected chi connectivity index (χ4v) is 10.3. The Morgan fingerprint density at radius 2 is 0.796 bits per heavy atom. The van der Waals surface area contributed by atoms with Gasteiger partial charge in [-0.1, -0.05) is 158 Å². The number of aromatic nitrogens is 3. The summed E-state index contributed by atoms with van der Waals surface area (Å²) in [5.74, 6) is 1.96. The van der Waals surface area contributed by atoms with Gasteiger partial charge >= 0.3 is 0 Å². The van der Waals surface area contributed by atoms with E-state index in [4.69, 9.17) is 15.0 Å². The number of rotatable bonds is 5. The van der Waals surface area contributed by atoms with E-state index in [-0.39, 0.29) is 0 Å². The molecule has 0 fully saturated rings. The summed E-state index contributed by atoms with van der Waals surface area (Å²) >= 11 is 3.65. The molecule has 11 rings (SSSR count). The average molecular weight is 724 g/mol. The fourth-order valence-electron chi connectivity index (χ4n) is 7.94. The Morgan fingerprint density at radius 1 is 0.296 bits per heavy atom. The van der Waals surface area contributed by atoms with Crippen molar-refractivity contribution in [2.75, 3.05) is 0 Å². The molecule has 0 aliphatic rings. The monoisotopic (exact) mass is 723 g/mol. The molecule has 0 saturated carbocycles. The van der Waals surface area contributed by atoms with Crippen molar-refractivity contribution in [1.82, 2.24) is 15.0 Å². The first kappa shape index (κ1) is 31.0. The number of hydrogen-bond acceptors (Lipinski definition) is 5. The maximum absolute atomic E-state index is 5.41. The molecule has 8 aromatic carbocycles. The highest BCUT2D eigenvalue weighted by Crippen LogP contribution is 2.46. The van der Waals surface area contributed by atoms with Crippen LogP contribution in [0.5, 0.6) is 0 Å². The summed E-state index contributed by atoms with van der Waals surface area (Å²) in [6, 6.07) is 62.5. The zero-order valence-electron chi connectivity index (χ0n) is 28.9. The third-order valence-electron chi connectivity index (χ3n) is 10.4. The molecule has 0 unspecified atom stereocenters. The van der Waals surface area contributed by atoms with E-state index in [1.165, 1.54) is 57.0 Å². The van der Waals surface area contributed by atoms with Crippen LogP contribution in [0.1, 0.15) is 0 Å². The molecule has 5 heteroatoms. The largest absolute Gasteiger partial charge is 0.208 e. The predicted molar refractivity (Wildman–Crippen MR) is 230 cm³/mol. The van der Waals surface area contributed by atoms with E-state index < -0.39 is 0 Å². The first-order chi connectivity index (χ1) is 26.8. The van der Waals surface area contributed by atoms with Gasteiger partial charge in [-0.15, -0.1) is 22.7 Å². The highest BCUT2D eigenvalue weighted by atomic mass is 32.1. The highest BCUT2D eigenvalue weighted by molar-refractivity contribution is 7.26. The van der Waals surface area contributed by atoms with Gasteiger partial charge in [0.05, 0.1) is 0 Å². The molecule has 0 amide bonds. The van der Waals surface area contributed by atoms with Crippen molar-refractivity contribution in [3.8, 4) is 56.4 Å². The van der Waals surface area contributed by atoms with Gasteiger partial charge in [0.25, 0.3) is 0 Å². The van der Waals surface area contributed by atoms with Crippen LogP contribution in [-0.4, -0.2) is 15.0 Å². The Balaban J connectivity index is 1.20. The van der Waals surface area contributed by atoms with Gasteiger partial charge in [-0.25, -0.2) is 15.0 Å². The Kier molecular flexibility index (Phi) is 7.22.